The van der Waals surface area contributed by atoms with Gasteiger partial charge in [-0.2, -0.15) is 5.10 Å². The highest BCUT2D eigenvalue weighted by Gasteiger charge is 2.17. The molecule has 0 unspecified atom stereocenters. The lowest BCUT2D eigenvalue weighted by Gasteiger charge is -2.11. The summed E-state index contributed by atoms with van der Waals surface area (Å²) in [5, 5.41) is 9.42. The van der Waals surface area contributed by atoms with Crippen LogP contribution < -0.4 is 10.9 Å². The molecule has 0 aliphatic rings. The monoisotopic (exact) mass is 423 g/mol. The van der Waals surface area contributed by atoms with Crippen molar-refractivity contribution in [3.63, 3.8) is 0 Å². The predicted molar refractivity (Wildman–Crippen MR) is 115 cm³/mol. The highest BCUT2D eigenvalue weighted by atomic mass is 32.1. The normalized spacial score (nSPS) is 11.1. The Balaban J connectivity index is 1.60. The first-order valence-corrected chi connectivity index (χ1v) is 10.3. The van der Waals surface area contributed by atoms with Crippen LogP contribution in [0.4, 0.5) is 0 Å². The van der Waals surface area contributed by atoms with Crippen LogP contribution in [0.15, 0.2) is 53.6 Å². The molecule has 9 heteroatoms. The van der Waals surface area contributed by atoms with E-state index in [0.29, 0.717) is 34.8 Å². The van der Waals surface area contributed by atoms with E-state index in [-0.39, 0.29) is 18.0 Å². The van der Waals surface area contributed by atoms with Gasteiger partial charge < -0.3 is 14.6 Å². The third-order valence-electron chi connectivity index (χ3n) is 4.68. The molecule has 0 atom stereocenters. The molecule has 4 rings (SSSR count). The second-order valence-electron chi connectivity index (χ2n) is 6.70. The second kappa shape index (κ2) is 8.60. The number of nitrogens with one attached hydrogen (secondary N) is 1. The van der Waals surface area contributed by atoms with Crippen LogP contribution in [0.1, 0.15) is 21.1 Å². The molecule has 8 nitrogen and oxygen atoms in total. The number of ether oxygens (including phenoxy) is 1. The SMILES string of the molecule is COCCn1nc(CNC(=O)c2sc(-n3cccc3)nc2C)c2ccccc2c1=O. The van der Waals surface area contributed by atoms with Crippen molar-refractivity contribution < 1.29 is 9.53 Å². The third kappa shape index (κ3) is 3.89. The molecular formula is C21H21N5O3S. The van der Waals surface area contributed by atoms with Gasteiger partial charge in [0.2, 0.25) is 0 Å². The number of carbonyl (C=O) groups is 1. The largest absolute Gasteiger partial charge is 0.383 e. The summed E-state index contributed by atoms with van der Waals surface area (Å²) in [6.07, 6.45) is 3.78. The maximum atomic E-state index is 12.8. The maximum absolute atomic E-state index is 12.8. The molecule has 0 saturated carbocycles. The lowest BCUT2D eigenvalue weighted by Crippen LogP contribution is -2.29. The van der Waals surface area contributed by atoms with E-state index in [0.717, 1.165) is 10.5 Å². The van der Waals surface area contributed by atoms with Gasteiger partial charge in [0.1, 0.15) is 4.88 Å². The summed E-state index contributed by atoms with van der Waals surface area (Å²) in [6.45, 7) is 2.73. The van der Waals surface area contributed by atoms with Crippen molar-refractivity contribution in [3.8, 4) is 5.13 Å². The van der Waals surface area contributed by atoms with Gasteiger partial charge in [-0.1, -0.05) is 29.5 Å². The summed E-state index contributed by atoms with van der Waals surface area (Å²) in [5.74, 6) is -0.219. The summed E-state index contributed by atoms with van der Waals surface area (Å²) in [5.41, 5.74) is 1.12. The summed E-state index contributed by atoms with van der Waals surface area (Å²) in [7, 11) is 1.58. The average molecular weight is 423 g/mol. The Labute approximate surface area is 176 Å². The summed E-state index contributed by atoms with van der Waals surface area (Å²) in [4.78, 5) is 30.5. The van der Waals surface area contributed by atoms with E-state index in [1.54, 1.807) is 13.2 Å². The quantitative estimate of drug-likeness (QED) is 0.493. The Hall–Kier alpha value is -3.30. The van der Waals surface area contributed by atoms with Gasteiger partial charge in [-0.25, -0.2) is 9.67 Å². The minimum Gasteiger partial charge on any atom is -0.383 e. The van der Waals surface area contributed by atoms with Gasteiger partial charge >= 0.3 is 0 Å². The summed E-state index contributed by atoms with van der Waals surface area (Å²) >= 11 is 1.33. The first kappa shape index (κ1) is 20.0. The Bertz CT molecular complexity index is 1240. The van der Waals surface area contributed by atoms with Gasteiger partial charge in [-0.15, -0.1) is 0 Å². The van der Waals surface area contributed by atoms with Crippen molar-refractivity contribution in [1.29, 1.82) is 0 Å². The van der Waals surface area contributed by atoms with Gasteiger partial charge in [-0.05, 0) is 25.1 Å². The molecule has 154 valence electrons. The Morgan fingerprint density at radius 3 is 2.63 bits per heavy atom. The minimum absolute atomic E-state index is 0.174. The van der Waals surface area contributed by atoms with Crippen LogP contribution in [0.2, 0.25) is 0 Å². The van der Waals surface area contributed by atoms with E-state index in [9.17, 15) is 9.59 Å². The Morgan fingerprint density at radius 1 is 1.17 bits per heavy atom. The van der Waals surface area contributed by atoms with Gasteiger partial charge in [0.25, 0.3) is 11.5 Å². The zero-order valence-corrected chi connectivity index (χ0v) is 17.5. The Morgan fingerprint density at radius 2 is 1.90 bits per heavy atom. The van der Waals surface area contributed by atoms with Crippen molar-refractivity contribution in [2.45, 2.75) is 20.0 Å². The first-order chi connectivity index (χ1) is 14.6. The predicted octanol–water partition coefficient (Wildman–Crippen LogP) is 2.53. The van der Waals surface area contributed by atoms with Crippen molar-refractivity contribution in [1.82, 2.24) is 24.6 Å². The number of aromatic nitrogens is 4. The number of rotatable bonds is 7. The van der Waals surface area contributed by atoms with Crippen molar-refractivity contribution >= 4 is 28.0 Å². The van der Waals surface area contributed by atoms with Crippen LogP contribution in [-0.4, -0.2) is 39.0 Å². The number of aryl methyl sites for hydroxylation is 1. The first-order valence-electron chi connectivity index (χ1n) is 9.45. The van der Waals surface area contributed by atoms with E-state index in [2.05, 4.69) is 15.4 Å². The van der Waals surface area contributed by atoms with E-state index in [1.807, 2.05) is 54.2 Å². The van der Waals surface area contributed by atoms with Crippen molar-refractivity contribution in [2.24, 2.45) is 0 Å². The summed E-state index contributed by atoms with van der Waals surface area (Å²) in [6, 6.07) is 11.1. The third-order valence-corrected chi connectivity index (χ3v) is 5.85. The fraction of sp³-hybridized carbons (Fsp3) is 0.238. The molecule has 1 N–H and O–H groups in total. The second-order valence-corrected chi connectivity index (χ2v) is 7.67. The van der Waals surface area contributed by atoms with Crippen molar-refractivity contribution in [3.05, 3.63) is 75.4 Å². The molecule has 30 heavy (non-hydrogen) atoms. The smallest absolute Gasteiger partial charge is 0.274 e. The van der Waals surface area contributed by atoms with E-state index in [1.165, 1.54) is 16.0 Å². The van der Waals surface area contributed by atoms with Gasteiger partial charge in [0.15, 0.2) is 5.13 Å². The molecule has 3 aromatic heterocycles. The minimum atomic E-state index is -0.219. The molecular weight excluding hydrogens is 402 g/mol. The van der Waals surface area contributed by atoms with Gasteiger partial charge in [0, 0.05) is 24.9 Å². The van der Waals surface area contributed by atoms with Crippen LogP contribution in [0.3, 0.4) is 0 Å². The van der Waals surface area contributed by atoms with Crippen LogP contribution in [0.5, 0.6) is 0 Å². The molecule has 0 fully saturated rings. The molecule has 0 aliphatic carbocycles. The number of methoxy groups -OCH3 is 1. The zero-order valence-electron chi connectivity index (χ0n) is 16.7. The van der Waals surface area contributed by atoms with Gasteiger partial charge in [0.05, 0.1) is 36.5 Å². The van der Waals surface area contributed by atoms with Crippen LogP contribution >= 0.6 is 11.3 Å². The molecule has 4 aromatic rings. The maximum Gasteiger partial charge on any atom is 0.274 e. The molecule has 0 aliphatic heterocycles. The Kier molecular flexibility index (Phi) is 5.73. The summed E-state index contributed by atoms with van der Waals surface area (Å²) < 4.78 is 8.33. The molecule has 3 heterocycles. The average Bonchev–Trinajstić information content (AvgIpc) is 3.42. The fourth-order valence-corrected chi connectivity index (χ4v) is 4.13. The highest BCUT2D eigenvalue weighted by Crippen LogP contribution is 2.22. The zero-order chi connectivity index (χ0) is 21.1. The molecule has 1 amide bonds. The van der Waals surface area contributed by atoms with E-state index in [4.69, 9.17) is 4.74 Å². The molecule has 0 radical (unpaired) electrons. The lowest BCUT2D eigenvalue weighted by atomic mass is 10.1. The standard InChI is InChI=1S/C21H21N5O3S/c1-14-18(30-21(23-14)25-9-5-6-10-25)19(27)22-13-17-15-7-3-4-8-16(15)20(28)26(24-17)11-12-29-2/h3-10H,11-13H2,1-2H3,(H,22,27). The number of fused-ring (bicyclic) bond motifs is 1. The number of hydrogen-bond acceptors (Lipinski definition) is 6. The molecule has 1 aromatic carbocycles. The number of nitrogens with zero attached hydrogens (tertiary/aromatic N) is 4. The molecule has 0 spiro atoms. The molecule has 0 saturated heterocycles. The number of hydrogen-bond donors (Lipinski definition) is 1. The topological polar surface area (TPSA) is 91.0 Å². The van der Waals surface area contributed by atoms with Crippen LogP contribution in [0.25, 0.3) is 15.9 Å². The van der Waals surface area contributed by atoms with Crippen LogP contribution in [-0.2, 0) is 17.8 Å². The lowest BCUT2D eigenvalue weighted by molar-refractivity contribution is 0.0953. The highest BCUT2D eigenvalue weighted by molar-refractivity contribution is 7.16. The molecule has 0 bridgehead atoms. The number of benzene rings is 1. The van der Waals surface area contributed by atoms with Crippen LogP contribution in [0, 0.1) is 6.92 Å². The number of amides is 1. The van der Waals surface area contributed by atoms with E-state index < -0.39 is 0 Å². The van der Waals surface area contributed by atoms with Crippen molar-refractivity contribution in [2.75, 3.05) is 13.7 Å². The number of carbonyl (C=O) groups excluding carboxylic acids is 1. The van der Waals surface area contributed by atoms with E-state index >= 15 is 0 Å². The van der Waals surface area contributed by atoms with Gasteiger partial charge in [-0.3, -0.25) is 9.59 Å². The number of thiazole rings is 1. The fourth-order valence-electron chi connectivity index (χ4n) is 3.17.